The van der Waals surface area contributed by atoms with Crippen molar-refractivity contribution in [2.24, 2.45) is 0 Å². The number of rotatable bonds is 8. The van der Waals surface area contributed by atoms with E-state index in [1.54, 1.807) is 36.7 Å². The van der Waals surface area contributed by atoms with Crippen molar-refractivity contribution in [2.45, 2.75) is 26.8 Å². The number of esters is 1. The molecule has 31 heavy (non-hydrogen) atoms. The summed E-state index contributed by atoms with van der Waals surface area (Å²) in [5.74, 6) is -1.32. The van der Waals surface area contributed by atoms with Crippen molar-refractivity contribution in [1.82, 2.24) is 15.1 Å². The second-order valence-corrected chi connectivity index (χ2v) is 7.50. The minimum absolute atomic E-state index is 0.305. The number of hydrogen-bond donors (Lipinski definition) is 1. The van der Waals surface area contributed by atoms with Crippen LogP contribution in [0.4, 0.5) is 4.39 Å². The van der Waals surface area contributed by atoms with Gasteiger partial charge in [-0.3, -0.25) is 9.48 Å². The molecule has 1 N–H and O–H groups in total. The zero-order valence-electron chi connectivity index (χ0n) is 17.3. The van der Waals surface area contributed by atoms with Crippen LogP contribution in [0, 0.1) is 19.7 Å². The predicted molar refractivity (Wildman–Crippen MR) is 116 cm³/mol. The van der Waals surface area contributed by atoms with E-state index in [1.807, 2.05) is 18.2 Å². The molecule has 3 aromatic rings. The van der Waals surface area contributed by atoms with Crippen LogP contribution < -0.4 is 5.32 Å². The summed E-state index contributed by atoms with van der Waals surface area (Å²) in [7, 11) is 0. The number of aryl methyl sites for hydroxylation is 1. The van der Waals surface area contributed by atoms with Crippen molar-refractivity contribution in [2.75, 3.05) is 13.2 Å². The molecule has 0 aliphatic carbocycles. The molecule has 2 aromatic carbocycles. The van der Waals surface area contributed by atoms with E-state index in [9.17, 15) is 14.0 Å². The molecule has 1 heterocycles. The van der Waals surface area contributed by atoms with E-state index in [1.165, 1.54) is 12.1 Å². The molecule has 8 heteroatoms. The molecule has 0 saturated carbocycles. The minimum atomic E-state index is -0.603. The third kappa shape index (κ3) is 5.92. The lowest BCUT2D eigenvalue weighted by molar-refractivity contribution is -0.124. The van der Waals surface area contributed by atoms with Crippen LogP contribution in [0.2, 0.25) is 5.02 Å². The van der Waals surface area contributed by atoms with Gasteiger partial charge in [-0.2, -0.15) is 5.10 Å². The van der Waals surface area contributed by atoms with Crippen LogP contribution in [0.25, 0.3) is 0 Å². The van der Waals surface area contributed by atoms with Gasteiger partial charge < -0.3 is 10.1 Å². The lowest BCUT2D eigenvalue weighted by Crippen LogP contribution is -2.30. The summed E-state index contributed by atoms with van der Waals surface area (Å²) >= 11 is 6.21. The Morgan fingerprint density at radius 1 is 1.13 bits per heavy atom. The van der Waals surface area contributed by atoms with Crippen LogP contribution in [-0.4, -0.2) is 34.8 Å². The molecule has 1 amide bonds. The van der Waals surface area contributed by atoms with Crippen molar-refractivity contribution in [3.63, 3.8) is 0 Å². The van der Waals surface area contributed by atoms with E-state index in [4.69, 9.17) is 16.3 Å². The summed E-state index contributed by atoms with van der Waals surface area (Å²) in [6.45, 7) is 3.88. The first-order valence-corrected chi connectivity index (χ1v) is 10.2. The second-order valence-electron chi connectivity index (χ2n) is 7.10. The van der Waals surface area contributed by atoms with E-state index < -0.39 is 18.5 Å². The third-order valence-corrected chi connectivity index (χ3v) is 5.22. The number of carbonyl (C=O) groups excluding carboxylic acids is 2. The zero-order valence-corrected chi connectivity index (χ0v) is 18.1. The van der Waals surface area contributed by atoms with Gasteiger partial charge in [-0.15, -0.1) is 0 Å². The summed E-state index contributed by atoms with van der Waals surface area (Å²) < 4.78 is 19.8. The highest BCUT2D eigenvalue weighted by molar-refractivity contribution is 6.31. The summed E-state index contributed by atoms with van der Waals surface area (Å²) in [4.78, 5) is 24.5. The Bertz CT molecular complexity index is 1080. The number of ether oxygens (including phenoxy) is 1. The van der Waals surface area contributed by atoms with Crippen LogP contribution in [0.15, 0.2) is 48.5 Å². The van der Waals surface area contributed by atoms with Crippen LogP contribution in [-0.2, 0) is 22.5 Å². The topological polar surface area (TPSA) is 73.2 Å². The molecule has 0 atom stereocenters. The molecule has 0 radical (unpaired) electrons. The number of aromatic nitrogens is 2. The Hall–Kier alpha value is -3.19. The van der Waals surface area contributed by atoms with Gasteiger partial charge in [0.1, 0.15) is 11.4 Å². The summed E-state index contributed by atoms with van der Waals surface area (Å²) in [6.07, 6.45) is 0.549. The molecule has 0 aliphatic rings. The molecule has 162 valence electrons. The van der Waals surface area contributed by atoms with Gasteiger partial charge in [0.25, 0.3) is 5.91 Å². The Labute approximate surface area is 185 Å². The monoisotopic (exact) mass is 443 g/mol. The first-order chi connectivity index (χ1) is 14.8. The number of benzene rings is 2. The van der Waals surface area contributed by atoms with Crippen LogP contribution in [0.1, 0.15) is 32.9 Å². The summed E-state index contributed by atoms with van der Waals surface area (Å²) in [5.41, 5.74) is 3.28. The molecular weight excluding hydrogens is 421 g/mol. The summed E-state index contributed by atoms with van der Waals surface area (Å²) in [5, 5.41) is 7.72. The van der Waals surface area contributed by atoms with Crippen LogP contribution in [0.3, 0.4) is 0 Å². The van der Waals surface area contributed by atoms with E-state index in [0.717, 1.165) is 11.1 Å². The van der Waals surface area contributed by atoms with E-state index in [0.29, 0.717) is 41.5 Å². The van der Waals surface area contributed by atoms with Crippen LogP contribution in [0.5, 0.6) is 0 Å². The standard InChI is InChI=1S/C23H23ClFN3O3/c1-15-22(16(2)28(27-15)13-18-5-3-4-6-20(18)24)23(30)31-14-21(29)26-12-11-17-7-9-19(25)10-8-17/h3-10H,11-14H2,1-2H3,(H,26,29). The molecule has 0 saturated heterocycles. The van der Waals surface area contributed by atoms with E-state index in [2.05, 4.69) is 10.4 Å². The number of carbonyl (C=O) groups is 2. The highest BCUT2D eigenvalue weighted by atomic mass is 35.5. The largest absolute Gasteiger partial charge is 0.452 e. The van der Waals surface area contributed by atoms with Gasteiger partial charge in [-0.25, -0.2) is 9.18 Å². The molecule has 0 fully saturated rings. The minimum Gasteiger partial charge on any atom is -0.452 e. The third-order valence-electron chi connectivity index (χ3n) is 4.85. The maximum atomic E-state index is 12.9. The zero-order chi connectivity index (χ0) is 22.4. The molecule has 0 unspecified atom stereocenters. The molecule has 1 aromatic heterocycles. The van der Waals surface area contributed by atoms with Crippen molar-refractivity contribution in [3.05, 3.63) is 87.4 Å². The highest BCUT2D eigenvalue weighted by Crippen LogP contribution is 2.20. The average molecular weight is 444 g/mol. The number of halogens is 2. The highest BCUT2D eigenvalue weighted by Gasteiger charge is 2.21. The van der Waals surface area contributed by atoms with Gasteiger partial charge in [-0.1, -0.05) is 41.9 Å². The van der Waals surface area contributed by atoms with Crippen LogP contribution >= 0.6 is 11.6 Å². The van der Waals surface area contributed by atoms with Crippen molar-refractivity contribution >= 4 is 23.5 Å². The number of amides is 1. The fraction of sp³-hybridized carbons (Fsp3) is 0.261. The van der Waals surface area contributed by atoms with E-state index in [-0.39, 0.29) is 5.82 Å². The lowest BCUT2D eigenvalue weighted by Gasteiger charge is -2.08. The maximum absolute atomic E-state index is 12.9. The number of nitrogens with zero attached hydrogens (tertiary/aromatic N) is 2. The molecule has 0 spiro atoms. The molecular formula is C23H23ClFN3O3. The Balaban J connectivity index is 1.53. The Morgan fingerprint density at radius 3 is 2.55 bits per heavy atom. The second kappa shape index (κ2) is 10.2. The van der Waals surface area contributed by atoms with Crippen molar-refractivity contribution in [1.29, 1.82) is 0 Å². The predicted octanol–water partition coefficient (Wildman–Crippen LogP) is 3.86. The van der Waals surface area contributed by atoms with Gasteiger partial charge in [-0.05, 0) is 49.6 Å². The Kier molecular flexibility index (Phi) is 7.41. The molecule has 0 bridgehead atoms. The lowest BCUT2D eigenvalue weighted by atomic mass is 10.1. The molecule has 0 aliphatic heterocycles. The number of nitrogens with one attached hydrogen (secondary N) is 1. The smallest absolute Gasteiger partial charge is 0.342 e. The normalized spacial score (nSPS) is 10.7. The van der Waals surface area contributed by atoms with Gasteiger partial charge >= 0.3 is 5.97 Å². The van der Waals surface area contributed by atoms with Gasteiger partial charge in [0.2, 0.25) is 0 Å². The van der Waals surface area contributed by atoms with Gasteiger partial charge in [0.05, 0.1) is 17.9 Å². The summed E-state index contributed by atoms with van der Waals surface area (Å²) in [6, 6.07) is 13.5. The van der Waals surface area contributed by atoms with E-state index >= 15 is 0 Å². The van der Waals surface area contributed by atoms with Crippen molar-refractivity contribution in [3.8, 4) is 0 Å². The van der Waals surface area contributed by atoms with Gasteiger partial charge in [0, 0.05) is 11.6 Å². The first kappa shape index (κ1) is 22.5. The fourth-order valence-electron chi connectivity index (χ4n) is 3.19. The SMILES string of the molecule is Cc1nn(Cc2ccccc2Cl)c(C)c1C(=O)OCC(=O)NCCc1ccc(F)cc1. The molecule has 6 nitrogen and oxygen atoms in total. The quantitative estimate of drug-likeness (QED) is 0.536. The fourth-order valence-corrected chi connectivity index (χ4v) is 3.38. The first-order valence-electron chi connectivity index (χ1n) is 9.81. The molecule has 3 rings (SSSR count). The average Bonchev–Trinajstić information content (AvgIpc) is 3.02. The van der Waals surface area contributed by atoms with Gasteiger partial charge in [0.15, 0.2) is 6.61 Å². The maximum Gasteiger partial charge on any atom is 0.342 e. The number of hydrogen-bond acceptors (Lipinski definition) is 4. The van der Waals surface area contributed by atoms with Crippen molar-refractivity contribution < 1.29 is 18.7 Å². The Morgan fingerprint density at radius 2 is 1.84 bits per heavy atom.